The van der Waals surface area contributed by atoms with E-state index in [1.165, 1.54) is 6.26 Å². The molecule has 2 rings (SSSR count). The van der Waals surface area contributed by atoms with Crippen molar-refractivity contribution in [1.82, 2.24) is 0 Å². The van der Waals surface area contributed by atoms with E-state index in [0.717, 1.165) is 5.46 Å². The predicted molar refractivity (Wildman–Crippen MR) is 77.2 cm³/mol. The fourth-order valence-corrected chi connectivity index (χ4v) is 2.58. The Labute approximate surface area is 115 Å². The van der Waals surface area contributed by atoms with Gasteiger partial charge in [-0.1, -0.05) is 12.1 Å². The van der Waals surface area contributed by atoms with E-state index < -0.39 is 28.0 Å². The van der Waals surface area contributed by atoms with Crippen LogP contribution in [-0.2, 0) is 19.0 Å². The van der Waals surface area contributed by atoms with E-state index in [1.54, 1.807) is 18.2 Å². The van der Waals surface area contributed by atoms with Crippen LogP contribution >= 0.6 is 0 Å². The average molecular weight is 281 g/mol. The predicted octanol–water partition coefficient (Wildman–Crippen LogP) is 2.02. The van der Waals surface area contributed by atoms with Crippen molar-refractivity contribution in [2.75, 3.05) is 6.26 Å². The molecule has 104 valence electrons. The summed E-state index contributed by atoms with van der Waals surface area (Å²) >= 11 is 0. The maximum atomic E-state index is 11.8. The van der Waals surface area contributed by atoms with Crippen molar-refractivity contribution in [1.29, 1.82) is 4.78 Å². The van der Waals surface area contributed by atoms with Crippen LogP contribution in [0.15, 0.2) is 29.2 Å². The minimum Gasteiger partial charge on any atom is -0.399 e. The van der Waals surface area contributed by atoms with Crippen LogP contribution in [0.2, 0.25) is 0 Å². The normalized spacial score (nSPS) is 24.2. The summed E-state index contributed by atoms with van der Waals surface area (Å²) in [7, 11) is -3.20. The van der Waals surface area contributed by atoms with Gasteiger partial charge in [0.05, 0.1) is 20.9 Å². The molecule has 1 aliphatic heterocycles. The van der Waals surface area contributed by atoms with E-state index in [-0.39, 0.29) is 0 Å². The Morgan fingerprint density at radius 2 is 1.68 bits per heavy atom. The average Bonchev–Trinajstić information content (AvgIpc) is 2.47. The Morgan fingerprint density at radius 1 is 1.16 bits per heavy atom. The number of hydrogen-bond donors (Lipinski definition) is 1. The molecule has 0 radical (unpaired) electrons. The van der Waals surface area contributed by atoms with E-state index in [4.69, 9.17) is 14.1 Å². The minimum atomic E-state index is -2.72. The highest BCUT2D eigenvalue weighted by Crippen LogP contribution is 2.36. The van der Waals surface area contributed by atoms with Crippen molar-refractivity contribution in [3.05, 3.63) is 24.3 Å². The molecule has 19 heavy (non-hydrogen) atoms. The quantitative estimate of drug-likeness (QED) is 0.844. The number of hydrogen-bond acceptors (Lipinski definition) is 4. The molecule has 1 aromatic carbocycles. The van der Waals surface area contributed by atoms with Crippen molar-refractivity contribution in [3.8, 4) is 0 Å². The van der Waals surface area contributed by atoms with Gasteiger partial charge in [-0.15, -0.1) is 0 Å². The lowest BCUT2D eigenvalue weighted by Crippen LogP contribution is -2.41. The third kappa shape index (κ3) is 2.71. The zero-order valence-electron chi connectivity index (χ0n) is 12.0. The SMILES string of the molecule is CC1(C)OB(c2cccc(S(C)(=N)=O)c2)OC1(C)C. The van der Waals surface area contributed by atoms with E-state index in [0.29, 0.717) is 4.90 Å². The van der Waals surface area contributed by atoms with Crippen LogP contribution < -0.4 is 5.46 Å². The summed E-state index contributed by atoms with van der Waals surface area (Å²) in [5.74, 6) is 0. The summed E-state index contributed by atoms with van der Waals surface area (Å²) < 4.78 is 31.3. The molecule has 0 aliphatic carbocycles. The molecule has 1 heterocycles. The van der Waals surface area contributed by atoms with Gasteiger partial charge in [-0.3, -0.25) is 0 Å². The second-order valence-electron chi connectivity index (χ2n) is 6.00. The van der Waals surface area contributed by atoms with Crippen LogP contribution in [0, 0.1) is 4.78 Å². The summed E-state index contributed by atoms with van der Waals surface area (Å²) in [6, 6.07) is 7.09. The standard InChI is InChI=1S/C13H20BNO3S/c1-12(2)13(3,4)18-14(17-12)10-7-6-8-11(9-10)19(5,15)16/h6-9,15H,1-5H3. The van der Waals surface area contributed by atoms with Crippen molar-refractivity contribution >= 4 is 22.3 Å². The van der Waals surface area contributed by atoms with Gasteiger partial charge in [0.25, 0.3) is 0 Å². The Kier molecular flexibility index (Phi) is 3.32. The van der Waals surface area contributed by atoms with E-state index in [1.807, 2.05) is 33.8 Å². The molecule has 1 unspecified atom stereocenters. The van der Waals surface area contributed by atoms with Gasteiger partial charge in [-0.05, 0) is 45.3 Å². The van der Waals surface area contributed by atoms with Crippen molar-refractivity contribution in [3.63, 3.8) is 0 Å². The molecular formula is C13H20BNO3S. The van der Waals surface area contributed by atoms with Gasteiger partial charge >= 0.3 is 7.12 Å². The second kappa shape index (κ2) is 4.33. The first-order chi connectivity index (χ1) is 8.53. The van der Waals surface area contributed by atoms with E-state index in [2.05, 4.69) is 0 Å². The van der Waals surface area contributed by atoms with Crippen LogP contribution in [0.5, 0.6) is 0 Å². The third-order valence-corrected chi connectivity index (χ3v) is 4.99. The first-order valence-electron chi connectivity index (χ1n) is 6.22. The van der Waals surface area contributed by atoms with Crippen LogP contribution in [0.1, 0.15) is 27.7 Å². The van der Waals surface area contributed by atoms with Gasteiger partial charge in [0.15, 0.2) is 0 Å². The smallest absolute Gasteiger partial charge is 0.399 e. The summed E-state index contributed by atoms with van der Waals surface area (Å²) in [6.07, 6.45) is 1.41. The Bertz CT molecular complexity index is 580. The lowest BCUT2D eigenvalue weighted by Gasteiger charge is -2.32. The Hall–Kier alpha value is -0.845. The fourth-order valence-electron chi connectivity index (χ4n) is 1.88. The van der Waals surface area contributed by atoms with Gasteiger partial charge in [-0.2, -0.15) is 0 Å². The van der Waals surface area contributed by atoms with Gasteiger partial charge in [0, 0.05) is 11.2 Å². The third-order valence-electron chi connectivity index (χ3n) is 3.83. The van der Waals surface area contributed by atoms with Crippen molar-refractivity contribution in [2.24, 2.45) is 0 Å². The highest BCUT2D eigenvalue weighted by atomic mass is 32.2. The largest absolute Gasteiger partial charge is 0.494 e. The van der Waals surface area contributed by atoms with Crippen LogP contribution in [-0.4, -0.2) is 28.8 Å². The van der Waals surface area contributed by atoms with Crippen LogP contribution in [0.4, 0.5) is 0 Å². The molecule has 0 spiro atoms. The molecule has 1 atom stereocenters. The van der Waals surface area contributed by atoms with Gasteiger partial charge in [0.1, 0.15) is 0 Å². The molecule has 1 aromatic rings. The molecule has 0 amide bonds. The fraction of sp³-hybridized carbons (Fsp3) is 0.538. The molecular weight excluding hydrogens is 261 g/mol. The van der Waals surface area contributed by atoms with Gasteiger partial charge in [-0.25, -0.2) is 8.99 Å². The number of rotatable bonds is 2. The Morgan fingerprint density at radius 3 is 2.16 bits per heavy atom. The monoisotopic (exact) mass is 281 g/mol. The molecule has 1 aliphatic rings. The molecule has 0 bridgehead atoms. The summed E-state index contributed by atoms with van der Waals surface area (Å²) in [5, 5.41) is 0. The molecule has 1 saturated heterocycles. The Balaban J connectivity index is 2.36. The topological polar surface area (TPSA) is 59.4 Å². The molecule has 1 N–H and O–H groups in total. The van der Waals surface area contributed by atoms with Crippen molar-refractivity contribution in [2.45, 2.75) is 43.8 Å². The lowest BCUT2D eigenvalue weighted by molar-refractivity contribution is 0.00578. The molecule has 4 nitrogen and oxygen atoms in total. The van der Waals surface area contributed by atoms with Gasteiger partial charge < -0.3 is 9.31 Å². The summed E-state index contributed by atoms with van der Waals surface area (Å²) in [5.41, 5.74) is 0.00261. The first kappa shape index (κ1) is 14.6. The van der Waals surface area contributed by atoms with E-state index >= 15 is 0 Å². The maximum absolute atomic E-state index is 11.8. The maximum Gasteiger partial charge on any atom is 0.494 e. The summed E-state index contributed by atoms with van der Waals surface area (Å²) in [6.45, 7) is 7.96. The lowest BCUT2D eigenvalue weighted by atomic mass is 9.79. The minimum absolute atomic E-state index is 0.401. The highest BCUT2D eigenvalue weighted by molar-refractivity contribution is 7.91. The van der Waals surface area contributed by atoms with E-state index in [9.17, 15) is 4.21 Å². The van der Waals surface area contributed by atoms with Crippen LogP contribution in [0.3, 0.4) is 0 Å². The second-order valence-corrected chi connectivity index (χ2v) is 8.16. The molecule has 6 heteroatoms. The highest BCUT2D eigenvalue weighted by Gasteiger charge is 2.51. The van der Waals surface area contributed by atoms with Gasteiger partial charge in [0.2, 0.25) is 0 Å². The number of benzene rings is 1. The zero-order valence-corrected chi connectivity index (χ0v) is 12.8. The molecule has 0 aromatic heterocycles. The first-order valence-corrected chi connectivity index (χ1v) is 8.19. The zero-order chi connectivity index (χ0) is 14.5. The summed E-state index contributed by atoms with van der Waals surface area (Å²) in [4.78, 5) is 0.500. The van der Waals surface area contributed by atoms with Crippen molar-refractivity contribution < 1.29 is 13.5 Å². The molecule has 0 saturated carbocycles. The van der Waals surface area contributed by atoms with Crippen LogP contribution in [0.25, 0.3) is 0 Å². The number of nitrogens with one attached hydrogen (secondary N) is 1. The molecule has 1 fully saturated rings.